The molecule has 114 valence electrons. The van der Waals surface area contributed by atoms with Crippen LogP contribution in [0.15, 0.2) is 35.7 Å². The second kappa shape index (κ2) is 6.53. The molecule has 8 nitrogen and oxygen atoms in total. The Hall–Kier alpha value is -3.16. The topological polar surface area (TPSA) is 148 Å². The van der Waals surface area contributed by atoms with E-state index in [0.717, 1.165) is 0 Å². The first-order chi connectivity index (χ1) is 10.5. The number of aromatic amines is 1. The van der Waals surface area contributed by atoms with E-state index in [0.29, 0.717) is 16.8 Å². The van der Waals surface area contributed by atoms with Crippen LogP contribution in [0, 0.1) is 5.41 Å². The van der Waals surface area contributed by atoms with E-state index in [1.165, 1.54) is 36.9 Å². The van der Waals surface area contributed by atoms with Crippen molar-refractivity contribution in [2.75, 3.05) is 0 Å². The number of benzene rings is 1. The van der Waals surface area contributed by atoms with Crippen molar-refractivity contribution in [3.8, 4) is 5.75 Å². The number of aliphatic imine (C=N–C) groups is 1. The number of H-pyrrole nitrogens is 1. The molecule has 0 aliphatic carbocycles. The summed E-state index contributed by atoms with van der Waals surface area (Å²) in [5.41, 5.74) is 6.74. The number of imidazole rings is 1. The number of phenolic OH excluding ortho intramolecular Hbond substituents is 1. The maximum absolute atomic E-state index is 11.2. The van der Waals surface area contributed by atoms with E-state index in [9.17, 15) is 15.0 Å². The van der Waals surface area contributed by atoms with Gasteiger partial charge in [-0.15, -0.1) is 0 Å². The van der Waals surface area contributed by atoms with Crippen LogP contribution in [0.1, 0.15) is 16.8 Å². The highest BCUT2D eigenvalue weighted by Crippen LogP contribution is 2.17. The lowest BCUT2D eigenvalue weighted by molar-refractivity contribution is -0.138. The number of carboxylic acids is 1. The maximum atomic E-state index is 11.2. The minimum Gasteiger partial charge on any atom is -0.507 e. The van der Waals surface area contributed by atoms with Gasteiger partial charge in [-0.1, -0.05) is 0 Å². The first-order valence-corrected chi connectivity index (χ1v) is 6.38. The van der Waals surface area contributed by atoms with Crippen molar-refractivity contribution in [3.05, 3.63) is 47.5 Å². The fourth-order valence-electron chi connectivity index (χ4n) is 1.80. The van der Waals surface area contributed by atoms with E-state index in [4.69, 9.17) is 11.1 Å². The highest BCUT2D eigenvalue weighted by molar-refractivity contribution is 5.97. The van der Waals surface area contributed by atoms with Gasteiger partial charge in [0.1, 0.15) is 11.6 Å². The number of aromatic hydroxyl groups is 1. The SMILES string of the molecule is N=C(N)c1ccc(O)c(C=N[C@@H](Cc2cnc[nH]2)C(=O)O)c1. The van der Waals surface area contributed by atoms with Crippen molar-refractivity contribution >= 4 is 18.0 Å². The monoisotopic (exact) mass is 301 g/mol. The number of phenols is 1. The van der Waals surface area contributed by atoms with Gasteiger partial charge in [0.25, 0.3) is 0 Å². The van der Waals surface area contributed by atoms with Crippen LogP contribution >= 0.6 is 0 Å². The fraction of sp³-hybridized carbons (Fsp3) is 0.143. The number of carbonyl (C=O) groups is 1. The second-order valence-corrected chi connectivity index (χ2v) is 4.60. The molecule has 2 aromatic rings. The number of nitrogen functional groups attached to an aromatic ring is 1. The molecular formula is C14H15N5O3. The number of nitrogens with zero attached hydrogens (tertiary/aromatic N) is 2. The van der Waals surface area contributed by atoms with Gasteiger partial charge in [-0.25, -0.2) is 9.78 Å². The summed E-state index contributed by atoms with van der Waals surface area (Å²) in [7, 11) is 0. The van der Waals surface area contributed by atoms with Crippen molar-refractivity contribution in [2.24, 2.45) is 10.7 Å². The van der Waals surface area contributed by atoms with Crippen LogP contribution in [0.2, 0.25) is 0 Å². The van der Waals surface area contributed by atoms with E-state index in [1.54, 1.807) is 0 Å². The summed E-state index contributed by atoms with van der Waals surface area (Å²) in [5.74, 6) is -1.31. The molecule has 0 bridgehead atoms. The molecule has 8 heteroatoms. The molecule has 0 aliphatic heterocycles. The average Bonchev–Trinajstić information content (AvgIpc) is 2.97. The molecule has 1 heterocycles. The number of aromatic nitrogens is 2. The Morgan fingerprint density at radius 2 is 2.32 bits per heavy atom. The number of amidine groups is 1. The van der Waals surface area contributed by atoms with Crippen LogP contribution < -0.4 is 5.73 Å². The molecule has 1 atom stereocenters. The Morgan fingerprint density at radius 3 is 2.91 bits per heavy atom. The molecule has 0 aliphatic rings. The molecular weight excluding hydrogens is 286 g/mol. The molecule has 1 aromatic heterocycles. The van der Waals surface area contributed by atoms with Crippen molar-refractivity contribution < 1.29 is 15.0 Å². The molecule has 6 N–H and O–H groups in total. The number of hydrogen-bond donors (Lipinski definition) is 5. The van der Waals surface area contributed by atoms with Crippen molar-refractivity contribution in [3.63, 3.8) is 0 Å². The first-order valence-electron chi connectivity index (χ1n) is 6.38. The number of hydrogen-bond acceptors (Lipinski definition) is 5. The summed E-state index contributed by atoms with van der Waals surface area (Å²) in [4.78, 5) is 21.9. The fourth-order valence-corrected chi connectivity index (χ4v) is 1.80. The average molecular weight is 301 g/mol. The summed E-state index contributed by atoms with van der Waals surface area (Å²) in [6, 6.07) is 3.33. The van der Waals surface area contributed by atoms with Gasteiger partial charge in [-0.2, -0.15) is 0 Å². The molecule has 2 rings (SSSR count). The normalized spacial score (nSPS) is 12.4. The van der Waals surface area contributed by atoms with Gasteiger partial charge in [0.2, 0.25) is 0 Å². The van der Waals surface area contributed by atoms with Crippen molar-refractivity contribution in [2.45, 2.75) is 12.5 Å². The van der Waals surface area contributed by atoms with E-state index >= 15 is 0 Å². The van der Waals surface area contributed by atoms with Crippen LogP contribution in [0.4, 0.5) is 0 Å². The van der Waals surface area contributed by atoms with Crippen molar-refractivity contribution in [1.82, 2.24) is 9.97 Å². The zero-order valence-corrected chi connectivity index (χ0v) is 11.5. The molecule has 0 amide bonds. The van der Waals surface area contributed by atoms with Crippen molar-refractivity contribution in [1.29, 1.82) is 5.41 Å². The number of nitrogens with one attached hydrogen (secondary N) is 2. The zero-order chi connectivity index (χ0) is 16.1. The lowest BCUT2D eigenvalue weighted by Crippen LogP contribution is -2.21. The summed E-state index contributed by atoms with van der Waals surface area (Å²) in [6.07, 6.45) is 4.40. The Balaban J connectivity index is 2.22. The molecule has 0 saturated carbocycles. The first kappa shape index (κ1) is 15.2. The molecule has 1 aromatic carbocycles. The van der Waals surface area contributed by atoms with E-state index in [2.05, 4.69) is 15.0 Å². The minimum atomic E-state index is -1.09. The second-order valence-electron chi connectivity index (χ2n) is 4.60. The third-order valence-corrected chi connectivity index (χ3v) is 2.99. The molecule has 0 fully saturated rings. The van der Waals surface area contributed by atoms with E-state index in [1.807, 2.05) is 0 Å². The van der Waals surface area contributed by atoms with Crippen LogP contribution in [0.3, 0.4) is 0 Å². The smallest absolute Gasteiger partial charge is 0.328 e. The third-order valence-electron chi connectivity index (χ3n) is 2.99. The summed E-state index contributed by atoms with van der Waals surface area (Å²) >= 11 is 0. The van der Waals surface area contributed by atoms with Crippen LogP contribution in [0.5, 0.6) is 5.75 Å². The number of nitrogens with two attached hydrogens (primary N) is 1. The standard InChI is InChI=1S/C14H15N5O3/c15-13(16)8-1-2-12(20)9(3-8)5-18-11(14(21)22)4-10-6-17-7-19-10/h1-3,5-7,11,20H,4H2,(H3,15,16)(H,17,19)(H,21,22)/t11-/m0/s1. The van der Waals surface area contributed by atoms with Crippen LogP contribution in [0.25, 0.3) is 0 Å². The molecule has 0 spiro atoms. The Bertz CT molecular complexity index is 709. The lowest BCUT2D eigenvalue weighted by atomic mass is 10.1. The highest BCUT2D eigenvalue weighted by atomic mass is 16.4. The van der Waals surface area contributed by atoms with Crippen LogP contribution in [-0.2, 0) is 11.2 Å². The predicted molar refractivity (Wildman–Crippen MR) is 80.4 cm³/mol. The van der Waals surface area contributed by atoms with Gasteiger partial charge in [-0.3, -0.25) is 10.4 Å². The number of rotatable bonds is 6. The van der Waals surface area contributed by atoms with Gasteiger partial charge in [-0.05, 0) is 18.2 Å². The predicted octanol–water partition coefficient (Wildman–Crippen LogP) is 0.514. The van der Waals surface area contributed by atoms with Gasteiger partial charge in [0.15, 0.2) is 6.04 Å². The maximum Gasteiger partial charge on any atom is 0.328 e. The molecule has 22 heavy (non-hydrogen) atoms. The lowest BCUT2D eigenvalue weighted by Gasteiger charge is -2.07. The number of aliphatic carboxylic acids is 1. The molecule has 0 saturated heterocycles. The Labute approximate surface area is 125 Å². The summed E-state index contributed by atoms with van der Waals surface area (Å²) < 4.78 is 0. The molecule has 0 radical (unpaired) electrons. The summed E-state index contributed by atoms with van der Waals surface area (Å²) in [5, 5.41) is 26.3. The molecule has 0 unspecified atom stereocenters. The minimum absolute atomic E-state index is 0.0700. The Kier molecular flexibility index (Phi) is 4.52. The van der Waals surface area contributed by atoms with Gasteiger partial charge >= 0.3 is 5.97 Å². The van der Waals surface area contributed by atoms with Gasteiger partial charge < -0.3 is 20.9 Å². The highest BCUT2D eigenvalue weighted by Gasteiger charge is 2.17. The number of carboxylic acid groups (broad SMARTS) is 1. The third kappa shape index (κ3) is 3.69. The zero-order valence-electron chi connectivity index (χ0n) is 11.5. The van der Waals surface area contributed by atoms with Gasteiger partial charge in [0, 0.05) is 35.7 Å². The Morgan fingerprint density at radius 1 is 1.55 bits per heavy atom. The summed E-state index contributed by atoms with van der Waals surface area (Å²) in [6.45, 7) is 0. The largest absolute Gasteiger partial charge is 0.507 e. The van der Waals surface area contributed by atoms with E-state index < -0.39 is 12.0 Å². The quantitative estimate of drug-likeness (QED) is 0.389. The van der Waals surface area contributed by atoms with Gasteiger partial charge in [0.05, 0.1) is 6.33 Å². The van der Waals surface area contributed by atoms with E-state index in [-0.39, 0.29) is 18.0 Å². The van der Waals surface area contributed by atoms with Crippen LogP contribution in [-0.4, -0.2) is 44.2 Å².